The van der Waals surface area contributed by atoms with Gasteiger partial charge in [0, 0.05) is 19.1 Å². The highest BCUT2D eigenvalue weighted by molar-refractivity contribution is 5.98. The van der Waals surface area contributed by atoms with Gasteiger partial charge in [0.05, 0.1) is 23.5 Å². The van der Waals surface area contributed by atoms with Crippen molar-refractivity contribution in [2.75, 3.05) is 37.8 Å². The van der Waals surface area contributed by atoms with E-state index in [9.17, 15) is 4.79 Å². The number of likely N-dealkylation sites (N-methyl/N-ethyl adjacent to an activating group) is 1. The van der Waals surface area contributed by atoms with Gasteiger partial charge in [-0.1, -0.05) is 6.07 Å². The Bertz CT molecular complexity index is 447. The number of hydrogen-bond donors (Lipinski definition) is 2. The third kappa shape index (κ3) is 4.42. The highest BCUT2D eigenvalue weighted by atomic mass is 16.5. The Kier molecular flexibility index (Phi) is 6.31. The van der Waals surface area contributed by atoms with Crippen molar-refractivity contribution in [2.24, 2.45) is 0 Å². The van der Waals surface area contributed by atoms with Crippen LogP contribution in [-0.2, 0) is 4.74 Å². The average molecular weight is 279 g/mol. The molecule has 112 valence electrons. The maximum absolute atomic E-state index is 11.9. The molecule has 1 aromatic rings. The number of hydrogen-bond acceptors (Lipinski definition) is 5. The average Bonchev–Trinajstić information content (AvgIpc) is 2.40. The van der Waals surface area contributed by atoms with Crippen LogP contribution in [0.4, 0.5) is 11.4 Å². The van der Waals surface area contributed by atoms with Crippen molar-refractivity contribution in [1.29, 1.82) is 0 Å². The van der Waals surface area contributed by atoms with Gasteiger partial charge in [-0.25, -0.2) is 4.79 Å². The number of nitrogens with zero attached hydrogens (tertiary/aromatic N) is 1. The van der Waals surface area contributed by atoms with E-state index >= 15 is 0 Å². The quantitative estimate of drug-likeness (QED) is 0.591. The predicted octanol–water partition coefficient (Wildman–Crippen LogP) is 2.20. The summed E-state index contributed by atoms with van der Waals surface area (Å²) in [5.74, 6) is -0.348. The number of esters is 1. The minimum atomic E-state index is -0.348. The molecule has 0 aliphatic heterocycles. The lowest BCUT2D eigenvalue weighted by atomic mass is 10.1. The fourth-order valence-corrected chi connectivity index (χ4v) is 1.76. The van der Waals surface area contributed by atoms with Gasteiger partial charge in [-0.05, 0) is 40.0 Å². The standard InChI is InChI=1S/C15H25N3O2/c1-5-20-15(19)12-7-6-8-13(16)14(12)17-9-10-18(4)11(2)3/h6-8,11,17H,5,9-10,16H2,1-4H3. The minimum Gasteiger partial charge on any atom is -0.462 e. The second-order valence-corrected chi connectivity index (χ2v) is 4.99. The molecule has 0 aliphatic carbocycles. The van der Waals surface area contributed by atoms with E-state index in [0.717, 1.165) is 13.1 Å². The van der Waals surface area contributed by atoms with Crippen LogP contribution < -0.4 is 11.1 Å². The van der Waals surface area contributed by atoms with Crippen molar-refractivity contribution in [2.45, 2.75) is 26.8 Å². The van der Waals surface area contributed by atoms with Gasteiger partial charge in [-0.15, -0.1) is 0 Å². The monoisotopic (exact) mass is 279 g/mol. The van der Waals surface area contributed by atoms with Gasteiger partial charge in [0.2, 0.25) is 0 Å². The first-order valence-electron chi connectivity index (χ1n) is 6.97. The van der Waals surface area contributed by atoms with Crippen LogP contribution in [0.2, 0.25) is 0 Å². The number of anilines is 2. The number of rotatable bonds is 7. The highest BCUT2D eigenvalue weighted by Gasteiger charge is 2.14. The number of carbonyl (C=O) groups excluding carboxylic acids is 1. The summed E-state index contributed by atoms with van der Waals surface area (Å²) in [5, 5.41) is 3.24. The molecular formula is C15H25N3O2. The van der Waals surface area contributed by atoms with E-state index < -0.39 is 0 Å². The molecule has 0 fully saturated rings. The number of ether oxygens (including phenoxy) is 1. The van der Waals surface area contributed by atoms with E-state index in [4.69, 9.17) is 10.5 Å². The Balaban J connectivity index is 2.75. The summed E-state index contributed by atoms with van der Waals surface area (Å²) < 4.78 is 5.04. The molecule has 0 amide bonds. The molecular weight excluding hydrogens is 254 g/mol. The lowest BCUT2D eigenvalue weighted by Gasteiger charge is -2.22. The Morgan fingerprint density at radius 3 is 2.75 bits per heavy atom. The second kappa shape index (κ2) is 7.75. The van der Waals surface area contributed by atoms with Crippen LogP contribution in [0.5, 0.6) is 0 Å². The maximum atomic E-state index is 11.9. The summed E-state index contributed by atoms with van der Waals surface area (Å²) in [6.45, 7) is 8.00. The van der Waals surface area contributed by atoms with Crippen LogP contribution in [-0.4, -0.2) is 43.7 Å². The van der Waals surface area contributed by atoms with Crippen LogP contribution in [0.1, 0.15) is 31.1 Å². The van der Waals surface area contributed by atoms with E-state index in [-0.39, 0.29) is 5.97 Å². The normalized spacial score (nSPS) is 10.9. The fourth-order valence-electron chi connectivity index (χ4n) is 1.76. The number of para-hydroxylation sites is 1. The van der Waals surface area contributed by atoms with E-state index in [1.54, 1.807) is 25.1 Å². The largest absolute Gasteiger partial charge is 0.462 e. The molecule has 20 heavy (non-hydrogen) atoms. The first kappa shape index (κ1) is 16.3. The van der Waals surface area contributed by atoms with Gasteiger partial charge in [0.1, 0.15) is 0 Å². The Morgan fingerprint density at radius 1 is 1.45 bits per heavy atom. The molecule has 1 rings (SSSR count). The van der Waals surface area contributed by atoms with Crippen LogP contribution in [0.25, 0.3) is 0 Å². The molecule has 0 spiro atoms. The minimum absolute atomic E-state index is 0.348. The number of nitrogens with two attached hydrogens (primary N) is 1. The van der Waals surface area contributed by atoms with Crippen molar-refractivity contribution in [3.8, 4) is 0 Å². The second-order valence-electron chi connectivity index (χ2n) is 4.99. The van der Waals surface area contributed by atoms with Crippen molar-refractivity contribution < 1.29 is 9.53 Å². The molecule has 0 atom stereocenters. The first-order chi connectivity index (χ1) is 9.47. The van der Waals surface area contributed by atoms with Crippen LogP contribution >= 0.6 is 0 Å². The molecule has 1 aromatic carbocycles. The summed E-state index contributed by atoms with van der Waals surface area (Å²) in [5.41, 5.74) is 7.65. The lowest BCUT2D eigenvalue weighted by molar-refractivity contribution is 0.0527. The molecule has 0 radical (unpaired) electrons. The van der Waals surface area contributed by atoms with E-state index in [1.807, 2.05) is 0 Å². The number of carbonyl (C=O) groups is 1. The number of nitrogens with one attached hydrogen (secondary N) is 1. The molecule has 0 aromatic heterocycles. The van der Waals surface area contributed by atoms with Gasteiger partial charge < -0.3 is 20.7 Å². The lowest BCUT2D eigenvalue weighted by Crippen LogP contribution is -2.31. The van der Waals surface area contributed by atoms with Gasteiger partial charge in [-0.2, -0.15) is 0 Å². The molecule has 3 N–H and O–H groups in total. The van der Waals surface area contributed by atoms with Crippen LogP contribution in [0, 0.1) is 0 Å². The number of nitrogen functional groups attached to an aromatic ring is 1. The van der Waals surface area contributed by atoms with Gasteiger partial charge in [0.25, 0.3) is 0 Å². The number of benzene rings is 1. The third-order valence-corrected chi connectivity index (χ3v) is 3.24. The smallest absolute Gasteiger partial charge is 0.340 e. The zero-order valence-electron chi connectivity index (χ0n) is 12.8. The first-order valence-corrected chi connectivity index (χ1v) is 6.97. The van der Waals surface area contributed by atoms with Crippen molar-refractivity contribution in [3.63, 3.8) is 0 Å². The van der Waals surface area contributed by atoms with Crippen molar-refractivity contribution in [1.82, 2.24) is 4.90 Å². The van der Waals surface area contributed by atoms with E-state index in [0.29, 0.717) is 29.6 Å². The van der Waals surface area contributed by atoms with E-state index in [1.165, 1.54) is 0 Å². The maximum Gasteiger partial charge on any atom is 0.340 e. The molecule has 0 saturated heterocycles. The van der Waals surface area contributed by atoms with E-state index in [2.05, 4.69) is 31.1 Å². The SMILES string of the molecule is CCOC(=O)c1cccc(N)c1NCCN(C)C(C)C. The summed E-state index contributed by atoms with van der Waals surface area (Å²) in [6.07, 6.45) is 0. The predicted molar refractivity (Wildman–Crippen MR) is 83.1 cm³/mol. The molecule has 0 bridgehead atoms. The van der Waals surface area contributed by atoms with Crippen molar-refractivity contribution >= 4 is 17.3 Å². The molecule has 0 saturated carbocycles. The Hall–Kier alpha value is -1.75. The molecule has 5 nitrogen and oxygen atoms in total. The summed E-state index contributed by atoms with van der Waals surface area (Å²) in [7, 11) is 2.06. The van der Waals surface area contributed by atoms with Gasteiger partial charge in [-0.3, -0.25) is 0 Å². The Labute approximate surface area is 121 Å². The van der Waals surface area contributed by atoms with Crippen molar-refractivity contribution in [3.05, 3.63) is 23.8 Å². The topological polar surface area (TPSA) is 67.6 Å². The van der Waals surface area contributed by atoms with Crippen LogP contribution in [0.15, 0.2) is 18.2 Å². The molecule has 0 heterocycles. The Morgan fingerprint density at radius 2 is 2.15 bits per heavy atom. The zero-order chi connectivity index (χ0) is 15.1. The van der Waals surface area contributed by atoms with Crippen LogP contribution in [0.3, 0.4) is 0 Å². The third-order valence-electron chi connectivity index (χ3n) is 3.24. The summed E-state index contributed by atoms with van der Waals surface area (Å²) >= 11 is 0. The zero-order valence-corrected chi connectivity index (χ0v) is 12.8. The highest BCUT2D eigenvalue weighted by Crippen LogP contribution is 2.24. The summed E-state index contributed by atoms with van der Waals surface area (Å²) in [6, 6.07) is 5.74. The molecule has 5 heteroatoms. The van der Waals surface area contributed by atoms with Gasteiger partial charge >= 0.3 is 5.97 Å². The molecule has 0 unspecified atom stereocenters. The van der Waals surface area contributed by atoms with Gasteiger partial charge in [0.15, 0.2) is 0 Å². The molecule has 0 aliphatic rings. The fraction of sp³-hybridized carbons (Fsp3) is 0.533. The summed E-state index contributed by atoms with van der Waals surface area (Å²) in [4.78, 5) is 14.1.